The summed E-state index contributed by atoms with van der Waals surface area (Å²) >= 11 is 0. The maximum absolute atomic E-state index is 13.6. The van der Waals surface area contributed by atoms with Gasteiger partial charge >= 0.3 is 29.9 Å². The average molecular weight is 378 g/mol. The van der Waals surface area contributed by atoms with Crippen molar-refractivity contribution in [3.05, 3.63) is 12.2 Å². The second-order valence-electron chi connectivity index (χ2n) is 7.00. The molecule has 4 nitrogen and oxygen atoms in total. The number of carbonyl (C=O) groups excluding carboxylic acids is 2. The molecule has 0 aromatic carbocycles. The van der Waals surface area contributed by atoms with E-state index in [1.165, 1.54) is 0 Å². The molecule has 0 aliphatic heterocycles. The van der Waals surface area contributed by atoms with Crippen molar-refractivity contribution >= 4 is 11.9 Å². The van der Waals surface area contributed by atoms with Crippen LogP contribution in [0.25, 0.3) is 0 Å². The van der Waals surface area contributed by atoms with Gasteiger partial charge in [0, 0.05) is 5.57 Å². The van der Waals surface area contributed by atoms with Gasteiger partial charge in [0.05, 0.1) is 5.41 Å². The van der Waals surface area contributed by atoms with E-state index in [1.54, 1.807) is 0 Å². The predicted octanol–water partition coefficient (Wildman–Crippen LogP) is 4.34. The number of esters is 2. The number of ether oxygens (including phenoxy) is 2. The van der Waals surface area contributed by atoms with Crippen LogP contribution in [0.1, 0.15) is 41.5 Å². The van der Waals surface area contributed by atoms with Crippen molar-refractivity contribution < 1.29 is 45.4 Å². The lowest BCUT2D eigenvalue weighted by molar-refractivity contribution is -0.408. The second-order valence-corrected chi connectivity index (χ2v) is 7.00. The van der Waals surface area contributed by atoms with E-state index in [0.717, 1.165) is 27.7 Å². The van der Waals surface area contributed by atoms with Gasteiger partial charge in [0.25, 0.3) is 0 Å². The molecular weight excluding hydrogens is 358 g/mol. The number of hydrogen-bond acceptors (Lipinski definition) is 4. The molecule has 25 heavy (non-hydrogen) atoms. The fourth-order valence-corrected chi connectivity index (χ4v) is 1.76. The molecule has 0 N–H and O–H groups in total. The van der Waals surface area contributed by atoms with Crippen LogP contribution in [-0.2, 0) is 19.1 Å². The van der Waals surface area contributed by atoms with Gasteiger partial charge in [0.15, 0.2) is 5.60 Å². The highest BCUT2D eigenvalue weighted by molar-refractivity contribution is 5.87. The van der Waals surface area contributed by atoms with Crippen molar-refractivity contribution in [2.45, 2.75) is 65.1 Å². The summed E-state index contributed by atoms with van der Waals surface area (Å²) in [6.07, 6.45) is -12.2. The molecular formula is C15H20F6O4. The van der Waals surface area contributed by atoms with Crippen LogP contribution in [0, 0.1) is 5.41 Å². The Bertz CT molecular complexity index is 538. The maximum Gasteiger partial charge on any atom is 0.441 e. The second kappa shape index (κ2) is 6.53. The lowest BCUT2D eigenvalue weighted by atomic mass is 9.82. The SMILES string of the molecule is C=C(C)C(=O)OC(C)(C)C(OC(=O)C(C)(C)C)(C(F)(F)F)C(F)(F)F. The molecule has 0 radical (unpaired) electrons. The van der Waals surface area contributed by atoms with Crippen LogP contribution in [0.15, 0.2) is 12.2 Å². The molecule has 0 spiro atoms. The molecule has 0 fully saturated rings. The fraction of sp³-hybridized carbons (Fsp3) is 0.733. The zero-order chi connectivity index (χ0) is 20.6. The van der Waals surface area contributed by atoms with E-state index in [0.29, 0.717) is 13.8 Å². The van der Waals surface area contributed by atoms with Crippen molar-refractivity contribution in [1.82, 2.24) is 0 Å². The minimum atomic E-state index is -6.12. The normalized spacial score (nSPS) is 14.1. The Kier molecular flexibility index (Phi) is 6.07. The van der Waals surface area contributed by atoms with Crippen LogP contribution in [0.3, 0.4) is 0 Å². The van der Waals surface area contributed by atoms with Crippen LogP contribution < -0.4 is 0 Å². The minimum absolute atomic E-state index is 0.366. The van der Waals surface area contributed by atoms with E-state index < -0.39 is 46.5 Å². The predicted molar refractivity (Wildman–Crippen MR) is 75.4 cm³/mol. The van der Waals surface area contributed by atoms with Crippen molar-refractivity contribution in [3.63, 3.8) is 0 Å². The van der Waals surface area contributed by atoms with Crippen LogP contribution in [0.4, 0.5) is 26.3 Å². The third-order valence-corrected chi connectivity index (χ3v) is 3.20. The molecule has 0 aliphatic rings. The zero-order valence-corrected chi connectivity index (χ0v) is 14.6. The van der Waals surface area contributed by atoms with Crippen molar-refractivity contribution in [3.8, 4) is 0 Å². The third kappa shape index (κ3) is 4.46. The first-order valence-electron chi connectivity index (χ1n) is 6.96. The monoisotopic (exact) mass is 378 g/mol. The summed E-state index contributed by atoms with van der Waals surface area (Å²) in [6, 6.07) is 0. The highest BCUT2D eigenvalue weighted by atomic mass is 19.4. The smallest absolute Gasteiger partial charge is 0.441 e. The average Bonchev–Trinajstić information content (AvgIpc) is 2.29. The van der Waals surface area contributed by atoms with E-state index in [-0.39, 0.29) is 0 Å². The molecule has 0 unspecified atom stereocenters. The Balaban J connectivity index is 6.54. The molecule has 0 bridgehead atoms. The quantitative estimate of drug-likeness (QED) is 0.415. The molecule has 10 heteroatoms. The van der Waals surface area contributed by atoms with Gasteiger partial charge in [-0.1, -0.05) is 6.58 Å². The highest BCUT2D eigenvalue weighted by Gasteiger charge is 2.82. The molecule has 0 aliphatic carbocycles. The summed E-state index contributed by atoms with van der Waals surface area (Å²) in [5, 5.41) is 0. The van der Waals surface area contributed by atoms with Gasteiger partial charge in [-0.25, -0.2) is 4.79 Å². The Morgan fingerprint density at radius 2 is 1.16 bits per heavy atom. The minimum Gasteiger partial charge on any atom is -0.451 e. The zero-order valence-electron chi connectivity index (χ0n) is 14.6. The molecule has 0 saturated heterocycles. The number of alkyl halides is 6. The van der Waals surface area contributed by atoms with Gasteiger partial charge < -0.3 is 9.47 Å². The fourth-order valence-electron chi connectivity index (χ4n) is 1.76. The standard InChI is InChI=1S/C15H20F6O4/c1-8(2)9(22)24-12(6,7)13(14(16,17)18,15(19,20)21)25-10(23)11(3,4)5/h1H2,2-7H3. The molecule has 0 rings (SSSR count). The summed E-state index contributed by atoms with van der Waals surface area (Å²) in [5.74, 6) is -3.25. The van der Waals surface area contributed by atoms with Crippen molar-refractivity contribution in [2.24, 2.45) is 5.41 Å². The van der Waals surface area contributed by atoms with E-state index in [1.807, 2.05) is 0 Å². The Hall–Kier alpha value is -1.74. The summed E-state index contributed by atoms with van der Waals surface area (Å²) in [4.78, 5) is 23.4. The molecule has 146 valence electrons. The summed E-state index contributed by atoms with van der Waals surface area (Å²) < 4.78 is 89.7. The van der Waals surface area contributed by atoms with Gasteiger partial charge in [0.1, 0.15) is 0 Å². The van der Waals surface area contributed by atoms with Crippen LogP contribution in [0.2, 0.25) is 0 Å². The molecule has 0 aromatic heterocycles. The van der Waals surface area contributed by atoms with Crippen LogP contribution in [0.5, 0.6) is 0 Å². The number of hydrogen-bond donors (Lipinski definition) is 0. The first-order valence-corrected chi connectivity index (χ1v) is 6.96. The van der Waals surface area contributed by atoms with E-state index >= 15 is 0 Å². The number of rotatable bonds is 4. The van der Waals surface area contributed by atoms with Crippen LogP contribution in [-0.4, -0.2) is 35.5 Å². The van der Waals surface area contributed by atoms with Gasteiger partial charge in [-0.15, -0.1) is 0 Å². The van der Waals surface area contributed by atoms with Gasteiger partial charge in [0.2, 0.25) is 0 Å². The van der Waals surface area contributed by atoms with E-state index in [9.17, 15) is 35.9 Å². The van der Waals surface area contributed by atoms with E-state index in [4.69, 9.17) is 0 Å². The van der Waals surface area contributed by atoms with Gasteiger partial charge in [-0.2, -0.15) is 26.3 Å². The Morgan fingerprint density at radius 1 is 0.800 bits per heavy atom. The summed E-state index contributed by atoms with van der Waals surface area (Å²) in [6.45, 7) is 8.13. The topological polar surface area (TPSA) is 52.6 Å². The Labute approximate surface area is 141 Å². The Morgan fingerprint density at radius 3 is 1.40 bits per heavy atom. The summed E-state index contributed by atoms with van der Waals surface area (Å²) in [5.41, 5.74) is -10.5. The van der Waals surface area contributed by atoms with Gasteiger partial charge in [-0.3, -0.25) is 4.79 Å². The highest BCUT2D eigenvalue weighted by Crippen LogP contribution is 2.54. The molecule has 0 saturated carbocycles. The maximum atomic E-state index is 13.6. The third-order valence-electron chi connectivity index (χ3n) is 3.20. The lowest BCUT2D eigenvalue weighted by Crippen LogP contribution is -2.72. The number of carbonyl (C=O) groups is 2. The van der Waals surface area contributed by atoms with E-state index in [2.05, 4.69) is 16.1 Å². The molecule has 0 amide bonds. The first-order chi connectivity index (χ1) is 10.7. The largest absolute Gasteiger partial charge is 0.451 e. The molecule has 0 aromatic rings. The van der Waals surface area contributed by atoms with Crippen LogP contribution >= 0.6 is 0 Å². The number of halogens is 6. The van der Waals surface area contributed by atoms with Gasteiger partial charge in [-0.05, 0) is 41.5 Å². The van der Waals surface area contributed by atoms with Crippen molar-refractivity contribution in [1.29, 1.82) is 0 Å². The lowest BCUT2D eigenvalue weighted by Gasteiger charge is -2.46. The molecule has 0 atom stereocenters. The summed E-state index contributed by atoms with van der Waals surface area (Å²) in [7, 11) is 0. The molecule has 0 heterocycles. The first kappa shape index (κ1) is 23.3. The van der Waals surface area contributed by atoms with Crippen molar-refractivity contribution in [2.75, 3.05) is 0 Å².